The van der Waals surface area contributed by atoms with Gasteiger partial charge >= 0.3 is 0 Å². The van der Waals surface area contributed by atoms with E-state index in [-0.39, 0.29) is 9.37 Å². The molecule has 1 aromatic carbocycles. The Balaban J connectivity index is 3.39. The number of halogens is 2. The van der Waals surface area contributed by atoms with Gasteiger partial charge in [-0.3, -0.25) is 4.55 Å². The number of rotatable bonds is 1. The van der Waals surface area contributed by atoms with Crippen LogP contribution in [0.5, 0.6) is 0 Å². The van der Waals surface area contributed by atoms with Crippen LogP contribution in [-0.2, 0) is 10.1 Å². The van der Waals surface area contributed by atoms with Crippen molar-refractivity contribution in [1.29, 1.82) is 0 Å². The van der Waals surface area contributed by atoms with E-state index in [0.29, 0.717) is 5.02 Å². The summed E-state index contributed by atoms with van der Waals surface area (Å²) in [7, 11) is -4.16. The molecule has 0 aliphatic carbocycles. The number of hydrogen-bond acceptors (Lipinski definition) is 2. The summed E-state index contributed by atoms with van der Waals surface area (Å²) < 4.78 is 30.2. The van der Waals surface area contributed by atoms with Gasteiger partial charge in [0.1, 0.15) is 4.90 Å². The molecule has 1 N–H and O–H groups in total. The third kappa shape index (κ3) is 2.20. The zero-order chi connectivity index (χ0) is 9.35. The van der Waals surface area contributed by atoms with Crippen molar-refractivity contribution in [3.05, 3.63) is 27.7 Å². The van der Waals surface area contributed by atoms with Crippen molar-refractivity contribution in [2.45, 2.75) is 4.90 Å². The van der Waals surface area contributed by atoms with Crippen molar-refractivity contribution in [3.8, 4) is 0 Å². The molecule has 3 nitrogen and oxygen atoms in total. The Morgan fingerprint density at radius 2 is 2.00 bits per heavy atom. The molecule has 0 spiro atoms. The first-order chi connectivity index (χ1) is 5.41. The van der Waals surface area contributed by atoms with Crippen molar-refractivity contribution >= 4 is 37.6 Å². The average Bonchev–Trinajstić information content (AvgIpc) is 1.83. The first-order valence-electron chi connectivity index (χ1n) is 2.84. The molecule has 0 aliphatic heterocycles. The van der Waals surface area contributed by atoms with E-state index in [1.54, 1.807) is 0 Å². The highest BCUT2D eigenvalue weighted by atomic mass is 79.9. The lowest BCUT2D eigenvalue weighted by molar-refractivity contribution is 0.482. The second-order valence-corrected chi connectivity index (χ2v) is 4.73. The minimum atomic E-state index is -4.16. The van der Waals surface area contributed by atoms with Crippen molar-refractivity contribution in [2.75, 3.05) is 0 Å². The molecule has 0 aromatic heterocycles. The quantitative estimate of drug-likeness (QED) is 0.798. The maximum Gasteiger partial charge on any atom is 0.295 e. The molecule has 0 unspecified atom stereocenters. The minimum absolute atomic E-state index is 0.188. The van der Waals surface area contributed by atoms with Gasteiger partial charge in [0.05, 0.1) is 0 Å². The second-order valence-electron chi connectivity index (χ2n) is 2.05. The van der Waals surface area contributed by atoms with Gasteiger partial charge < -0.3 is 0 Å². The first-order valence-corrected chi connectivity index (χ1v) is 5.45. The second kappa shape index (κ2) is 3.33. The van der Waals surface area contributed by atoms with Crippen LogP contribution >= 0.6 is 27.5 Å². The smallest absolute Gasteiger partial charge is 0.282 e. The SMILES string of the molecule is O=S(=O)(O)c1ccc(Cl)cc1Br. The molecule has 0 bridgehead atoms. The third-order valence-corrected chi connectivity index (χ3v) is 3.24. The average molecular weight is 272 g/mol. The fraction of sp³-hybridized carbons (Fsp3) is 0. The summed E-state index contributed by atoms with van der Waals surface area (Å²) in [6.07, 6.45) is 0. The fourth-order valence-corrected chi connectivity index (χ4v) is 2.53. The third-order valence-electron chi connectivity index (χ3n) is 1.17. The van der Waals surface area contributed by atoms with E-state index in [0.717, 1.165) is 0 Å². The van der Waals surface area contributed by atoms with Gasteiger partial charge in [-0.1, -0.05) is 11.6 Å². The van der Waals surface area contributed by atoms with Gasteiger partial charge in [-0.15, -0.1) is 0 Å². The number of hydrogen-bond donors (Lipinski definition) is 1. The molecule has 0 amide bonds. The van der Waals surface area contributed by atoms with Crippen molar-refractivity contribution in [2.24, 2.45) is 0 Å². The van der Waals surface area contributed by atoms with Crippen LogP contribution in [0.25, 0.3) is 0 Å². The molecule has 1 rings (SSSR count). The highest BCUT2D eigenvalue weighted by molar-refractivity contribution is 9.10. The standard InChI is InChI=1S/C6H4BrClO3S/c7-5-3-4(8)1-2-6(5)12(9,10)11/h1-3H,(H,9,10,11). The lowest BCUT2D eigenvalue weighted by atomic mass is 10.4. The van der Waals surface area contributed by atoms with Crippen molar-refractivity contribution < 1.29 is 13.0 Å². The molecule has 0 radical (unpaired) electrons. The lowest BCUT2D eigenvalue weighted by Gasteiger charge is -1.99. The van der Waals surface area contributed by atoms with Gasteiger partial charge in [-0.25, -0.2) is 0 Å². The normalized spacial score (nSPS) is 11.6. The monoisotopic (exact) mass is 270 g/mol. The summed E-state index contributed by atoms with van der Waals surface area (Å²) in [4.78, 5) is -0.188. The molecule has 1 aromatic rings. The summed E-state index contributed by atoms with van der Waals surface area (Å²) >= 11 is 8.52. The Morgan fingerprint density at radius 1 is 1.42 bits per heavy atom. The topological polar surface area (TPSA) is 54.4 Å². The molecular formula is C6H4BrClO3S. The largest absolute Gasteiger partial charge is 0.295 e. The Bertz CT molecular complexity index is 401. The van der Waals surface area contributed by atoms with E-state index in [1.807, 2.05) is 0 Å². The highest BCUT2D eigenvalue weighted by Gasteiger charge is 2.13. The van der Waals surface area contributed by atoms with Crippen LogP contribution in [0.1, 0.15) is 0 Å². The first kappa shape index (κ1) is 9.98. The summed E-state index contributed by atoms with van der Waals surface area (Å²) in [6.45, 7) is 0. The van der Waals surface area contributed by atoms with E-state index >= 15 is 0 Å². The fourth-order valence-electron chi connectivity index (χ4n) is 0.684. The molecule has 12 heavy (non-hydrogen) atoms. The van der Waals surface area contributed by atoms with E-state index in [2.05, 4.69) is 15.9 Å². The predicted molar refractivity (Wildman–Crippen MR) is 49.0 cm³/mol. The van der Waals surface area contributed by atoms with E-state index < -0.39 is 10.1 Å². The van der Waals surface area contributed by atoms with Crippen molar-refractivity contribution in [3.63, 3.8) is 0 Å². The Labute approximate surface area is 83.2 Å². The maximum atomic E-state index is 10.6. The van der Waals surface area contributed by atoms with Crippen LogP contribution < -0.4 is 0 Å². The van der Waals surface area contributed by atoms with Crippen LogP contribution in [0.15, 0.2) is 27.6 Å². The van der Waals surface area contributed by atoms with E-state index in [9.17, 15) is 8.42 Å². The molecule has 0 saturated carbocycles. The Morgan fingerprint density at radius 3 is 2.42 bits per heavy atom. The van der Waals surface area contributed by atoms with Gasteiger partial charge in [-0.2, -0.15) is 8.42 Å². The summed E-state index contributed by atoms with van der Waals surface area (Å²) in [6, 6.07) is 4.00. The summed E-state index contributed by atoms with van der Waals surface area (Å²) in [5.41, 5.74) is 0. The maximum absolute atomic E-state index is 10.6. The lowest BCUT2D eigenvalue weighted by Crippen LogP contribution is -1.98. The molecule has 0 saturated heterocycles. The Hall–Kier alpha value is -0.100. The minimum Gasteiger partial charge on any atom is -0.282 e. The van der Waals surface area contributed by atoms with Gasteiger partial charge in [0.15, 0.2) is 0 Å². The molecule has 66 valence electrons. The zero-order valence-corrected chi connectivity index (χ0v) is 8.82. The molecule has 6 heteroatoms. The van der Waals surface area contributed by atoms with Gasteiger partial charge in [0, 0.05) is 9.50 Å². The molecule has 0 fully saturated rings. The van der Waals surface area contributed by atoms with Crippen LogP contribution in [0.2, 0.25) is 5.02 Å². The van der Waals surface area contributed by atoms with E-state index in [4.69, 9.17) is 16.2 Å². The van der Waals surface area contributed by atoms with Crippen LogP contribution in [0.4, 0.5) is 0 Å². The Kier molecular flexibility index (Phi) is 2.77. The summed E-state index contributed by atoms with van der Waals surface area (Å²) in [5.74, 6) is 0. The van der Waals surface area contributed by atoms with Crippen LogP contribution in [0.3, 0.4) is 0 Å². The van der Waals surface area contributed by atoms with Crippen LogP contribution in [-0.4, -0.2) is 13.0 Å². The molecule has 0 atom stereocenters. The van der Waals surface area contributed by atoms with Crippen LogP contribution in [0, 0.1) is 0 Å². The zero-order valence-electron chi connectivity index (χ0n) is 5.66. The highest BCUT2D eigenvalue weighted by Crippen LogP contribution is 2.24. The molecular weight excluding hydrogens is 267 g/mol. The van der Waals surface area contributed by atoms with Gasteiger partial charge in [-0.05, 0) is 34.1 Å². The molecule has 0 heterocycles. The van der Waals surface area contributed by atoms with E-state index in [1.165, 1.54) is 18.2 Å². The van der Waals surface area contributed by atoms with Crippen molar-refractivity contribution in [1.82, 2.24) is 0 Å². The number of benzene rings is 1. The van der Waals surface area contributed by atoms with Gasteiger partial charge in [0.2, 0.25) is 0 Å². The van der Waals surface area contributed by atoms with Gasteiger partial charge in [0.25, 0.3) is 10.1 Å². The molecule has 0 aliphatic rings. The predicted octanol–water partition coefficient (Wildman–Crippen LogP) is 2.35. The summed E-state index contributed by atoms with van der Waals surface area (Å²) in [5, 5.41) is 0.397.